The molecule has 32 heavy (non-hydrogen) atoms. The van der Waals surface area contributed by atoms with E-state index in [2.05, 4.69) is 54.1 Å². The predicted octanol–water partition coefficient (Wildman–Crippen LogP) is 4.88. The van der Waals surface area contributed by atoms with Crippen LogP contribution in [0, 0.1) is 0 Å². The quantitative estimate of drug-likeness (QED) is 0.557. The van der Waals surface area contributed by atoms with Gasteiger partial charge in [-0.3, -0.25) is 9.69 Å². The van der Waals surface area contributed by atoms with Gasteiger partial charge in [0, 0.05) is 43.7 Å². The first-order valence-corrected chi connectivity index (χ1v) is 12.5. The van der Waals surface area contributed by atoms with Gasteiger partial charge in [-0.15, -0.1) is 11.3 Å². The number of ether oxygens (including phenoxy) is 1. The highest BCUT2D eigenvalue weighted by atomic mass is 32.1. The number of likely N-dealkylation sites (tertiary alicyclic amines) is 1. The minimum Gasteiger partial charge on any atom is -0.378 e. The fraction of sp³-hybridized carbons (Fsp3) is 0.462. The number of fused-ring (bicyclic) bond motifs is 1. The van der Waals surface area contributed by atoms with Gasteiger partial charge in [-0.2, -0.15) is 0 Å². The van der Waals surface area contributed by atoms with Crippen LogP contribution in [0.3, 0.4) is 0 Å². The van der Waals surface area contributed by atoms with Crippen molar-refractivity contribution in [2.45, 2.75) is 38.6 Å². The van der Waals surface area contributed by atoms with Crippen LogP contribution in [-0.4, -0.2) is 60.1 Å². The van der Waals surface area contributed by atoms with Gasteiger partial charge in [0.2, 0.25) is 0 Å². The van der Waals surface area contributed by atoms with Crippen molar-refractivity contribution >= 4 is 27.5 Å². The Labute approximate surface area is 194 Å². The van der Waals surface area contributed by atoms with Gasteiger partial charge < -0.3 is 9.64 Å². The van der Waals surface area contributed by atoms with E-state index in [1.165, 1.54) is 16.7 Å². The number of hydrogen-bond acceptors (Lipinski definition) is 5. The van der Waals surface area contributed by atoms with E-state index in [9.17, 15) is 4.79 Å². The van der Waals surface area contributed by atoms with Crippen molar-refractivity contribution in [1.82, 2.24) is 14.8 Å². The summed E-state index contributed by atoms with van der Waals surface area (Å²) in [5.74, 6) is 1.07. The van der Waals surface area contributed by atoms with Gasteiger partial charge in [0.05, 0.1) is 18.1 Å². The van der Waals surface area contributed by atoms with Gasteiger partial charge in [0.1, 0.15) is 4.83 Å². The van der Waals surface area contributed by atoms with Gasteiger partial charge in [-0.25, -0.2) is 4.98 Å². The molecule has 2 aromatic heterocycles. The van der Waals surface area contributed by atoms with Crippen molar-refractivity contribution in [2.75, 3.05) is 39.4 Å². The number of rotatable bonds is 5. The standard InChI is InChI=1S/C26H31N3O2S/c1-18(2)20-7-5-19(6-8-20)16-28-11-9-21(17-28)23-22-4-3-10-27-25(22)32-24(23)26(30)29-12-14-31-15-13-29/h3-8,10,18,21H,9,11-17H2,1-2H3/t21-/m1/s1. The third-order valence-electron chi connectivity index (χ3n) is 6.73. The lowest BCUT2D eigenvalue weighted by atomic mass is 9.95. The van der Waals surface area contributed by atoms with Gasteiger partial charge >= 0.3 is 0 Å². The number of amides is 1. The van der Waals surface area contributed by atoms with Crippen LogP contribution in [0.5, 0.6) is 0 Å². The largest absolute Gasteiger partial charge is 0.378 e. The van der Waals surface area contributed by atoms with Gasteiger partial charge in [0.25, 0.3) is 5.91 Å². The molecule has 0 radical (unpaired) electrons. The zero-order valence-electron chi connectivity index (χ0n) is 18.9. The minimum absolute atomic E-state index is 0.147. The van der Waals surface area contributed by atoms with E-state index in [-0.39, 0.29) is 5.91 Å². The molecule has 0 saturated carbocycles. The zero-order chi connectivity index (χ0) is 22.1. The molecule has 4 heterocycles. The number of hydrogen-bond donors (Lipinski definition) is 0. The highest BCUT2D eigenvalue weighted by molar-refractivity contribution is 7.20. The Bertz CT molecular complexity index is 1090. The van der Waals surface area contributed by atoms with E-state index in [1.807, 2.05) is 17.2 Å². The lowest BCUT2D eigenvalue weighted by Gasteiger charge is -2.27. The van der Waals surface area contributed by atoms with Crippen LogP contribution in [0.4, 0.5) is 0 Å². The molecule has 5 rings (SSSR count). The third kappa shape index (κ3) is 4.32. The molecule has 3 aromatic rings. The molecule has 2 saturated heterocycles. The Kier molecular flexibility index (Phi) is 6.26. The number of carbonyl (C=O) groups is 1. The van der Waals surface area contributed by atoms with Crippen LogP contribution in [0.2, 0.25) is 0 Å². The highest BCUT2D eigenvalue weighted by Crippen LogP contribution is 2.40. The van der Waals surface area contributed by atoms with Crippen LogP contribution in [0.25, 0.3) is 10.2 Å². The van der Waals surface area contributed by atoms with Crippen LogP contribution in [0.15, 0.2) is 42.6 Å². The van der Waals surface area contributed by atoms with Crippen molar-refractivity contribution in [3.05, 3.63) is 64.2 Å². The second-order valence-corrected chi connectivity index (χ2v) is 10.2. The maximum absolute atomic E-state index is 13.4. The molecule has 1 amide bonds. The van der Waals surface area contributed by atoms with Crippen LogP contribution >= 0.6 is 11.3 Å². The summed E-state index contributed by atoms with van der Waals surface area (Å²) in [6.45, 7) is 10.0. The molecule has 5 nitrogen and oxygen atoms in total. The fourth-order valence-corrected chi connectivity index (χ4v) is 6.10. The summed E-state index contributed by atoms with van der Waals surface area (Å²) in [5.41, 5.74) is 3.96. The number of benzene rings is 1. The lowest BCUT2D eigenvalue weighted by molar-refractivity contribution is 0.0305. The molecule has 168 valence electrons. The highest BCUT2D eigenvalue weighted by Gasteiger charge is 2.32. The third-order valence-corrected chi connectivity index (χ3v) is 7.85. The van der Waals surface area contributed by atoms with Crippen LogP contribution < -0.4 is 0 Å². The van der Waals surface area contributed by atoms with E-state index in [4.69, 9.17) is 4.74 Å². The molecule has 0 bridgehead atoms. The second-order valence-electron chi connectivity index (χ2n) is 9.22. The van der Waals surface area contributed by atoms with E-state index in [1.54, 1.807) is 11.3 Å². The lowest BCUT2D eigenvalue weighted by Crippen LogP contribution is -2.40. The summed E-state index contributed by atoms with van der Waals surface area (Å²) in [6.07, 6.45) is 2.90. The van der Waals surface area contributed by atoms with Crippen molar-refractivity contribution in [2.24, 2.45) is 0 Å². The number of nitrogens with zero attached hydrogens (tertiary/aromatic N) is 3. The Hall–Kier alpha value is -2.28. The Morgan fingerprint density at radius 3 is 2.69 bits per heavy atom. The number of carbonyl (C=O) groups excluding carboxylic acids is 1. The molecule has 1 aromatic carbocycles. The average Bonchev–Trinajstić information content (AvgIpc) is 3.43. The Balaban J connectivity index is 1.37. The minimum atomic E-state index is 0.147. The number of aromatic nitrogens is 1. The van der Waals surface area contributed by atoms with Gasteiger partial charge in [-0.05, 0) is 41.6 Å². The summed E-state index contributed by atoms with van der Waals surface area (Å²) in [7, 11) is 0. The molecule has 6 heteroatoms. The van der Waals surface area contributed by atoms with Gasteiger partial charge in [0.15, 0.2) is 0 Å². The number of pyridine rings is 1. The monoisotopic (exact) mass is 449 g/mol. The summed E-state index contributed by atoms with van der Waals surface area (Å²) in [4.78, 5) is 24.4. The molecule has 2 fully saturated rings. The van der Waals surface area contributed by atoms with Crippen molar-refractivity contribution in [1.29, 1.82) is 0 Å². The summed E-state index contributed by atoms with van der Waals surface area (Å²) < 4.78 is 5.46. The number of morpholine rings is 1. The molecular weight excluding hydrogens is 418 g/mol. The van der Waals surface area contributed by atoms with E-state index in [0.717, 1.165) is 41.1 Å². The van der Waals surface area contributed by atoms with Crippen molar-refractivity contribution in [3.8, 4) is 0 Å². The molecule has 0 N–H and O–H groups in total. The number of thiophene rings is 1. The first-order valence-electron chi connectivity index (χ1n) is 11.7. The van der Waals surface area contributed by atoms with Crippen molar-refractivity contribution < 1.29 is 9.53 Å². The molecule has 0 aliphatic carbocycles. The molecular formula is C26H31N3O2S. The normalized spacial score (nSPS) is 19.8. The second kappa shape index (κ2) is 9.30. The SMILES string of the molecule is CC(C)c1ccc(CN2CC[C@@H](c3c(C(=O)N4CCOCC4)sc4ncccc34)C2)cc1. The van der Waals surface area contributed by atoms with Gasteiger partial charge in [-0.1, -0.05) is 44.2 Å². The first-order chi connectivity index (χ1) is 15.6. The molecule has 0 spiro atoms. The van der Waals surface area contributed by atoms with Crippen molar-refractivity contribution in [3.63, 3.8) is 0 Å². The topological polar surface area (TPSA) is 45.7 Å². The smallest absolute Gasteiger partial charge is 0.264 e. The maximum atomic E-state index is 13.4. The summed E-state index contributed by atoms with van der Waals surface area (Å²) in [5, 5.41) is 1.15. The van der Waals surface area contributed by atoms with Crippen LogP contribution in [-0.2, 0) is 11.3 Å². The summed E-state index contributed by atoms with van der Waals surface area (Å²) in [6, 6.07) is 13.2. The zero-order valence-corrected chi connectivity index (χ0v) is 19.7. The molecule has 0 unspecified atom stereocenters. The maximum Gasteiger partial charge on any atom is 0.264 e. The Morgan fingerprint density at radius 2 is 1.94 bits per heavy atom. The molecule has 2 aliphatic heterocycles. The fourth-order valence-electron chi connectivity index (χ4n) is 4.90. The summed E-state index contributed by atoms with van der Waals surface area (Å²) >= 11 is 1.56. The van der Waals surface area contributed by atoms with E-state index >= 15 is 0 Å². The molecule has 2 aliphatic rings. The first kappa shape index (κ1) is 21.6. The average molecular weight is 450 g/mol. The van der Waals surface area contributed by atoms with E-state index in [0.29, 0.717) is 38.1 Å². The Morgan fingerprint density at radius 1 is 1.16 bits per heavy atom. The molecule has 1 atom stereocenters. The van der Waals surface area contributed by atoms with Crippen LogP contribution in [0.1, 0.15) is 58.5 Å². The van der Waals surface area contributed by atoms with E-state index < -0.39 is 0 Å². The predicted molar refractivity (Wildman–Crippen MR) is 130 cm³/mol.